The lowest BCUT2D eigenvalue weighted by molar-refractivity contribution is 0.627. The van der Waals surface area contributed by atoms with Gasteiger partial charge in [0.25, 0.3) is 0 Å². The summed E-state index contributed by atoms with van der Waals surface area (Å²) in [6.07, 6.45) is 1.24. The summed E-state index contributed by atoms with van der Waals surface area (Å²) in [5, 5.41) is 11.8. The standard InChI is InChI=1S/C11H7ClFN5/c12-9-10(15)16-5-17-11(9)18-8-2-1-7(13)3-6(8)4-14/h1-3,5H,(H3,15,16,17,18). The minimum absolute atomic E-state index is 0.120. The molecule has 0 atom stereocenters. The average molecular weight is 264 g/mol. The number of nitrogens with zero attached hydrogens (tertiary/aromatic N) is 3. The van der Waals surface area contributed by atoms with Crippen molar-refractivity contribution in [2.45, 2.75) is 0 Å². The number of nitrogens with two attached hydrogens (primary N) is 1. The highest BCUT2D eigenvalue weighted by molar-refractivity contribution is 6.35. The Bertz CT molecular complexity index is 638. The van der Waals surface area contributed by atoms with Gasteiger partial charge >= 0.3 is 0 Å². The molecule has 18 heavy (non-hydrogen) atoms. The Hall–Kier alpha value is -2.39. The summed E-state index contributed by atoms with van der Waals surface area (Å²) < 4.78 is 13.0. The molecular weight excluding hydrogens is 257 g/mol. The molecule has 90 valence electrons. The van der Waals surface area contributed by atoms with Crippen molar-refractivity contribution in [2.75, 3.05) is 11.1 Å². The van der Waals surface area contributed by atoms with Crippen LogP contribution in [-0.4, -0.2) is 9.97 Å². The van der Waals surface area contributed by atoms with Crippen molar-refractivity contribution in [1.29, 1.82) is 5.26 Å². The number of hydrogen-bond acceptors (Lipinski definition) is 5. The first-order chi connectivity index (χ1) is 8.61. The Balaban J connectivity index is 2.41. The number of nitrogen functional groups attached to an aromatic ring is 1. The summed E-state index contributed by atoms with van der Waals surface area (Å²) in [5.74, 6) is -0.118. The van der Waals surface area contributed by atoms with Crippen LogP contribution in [0.25, 0.3) is 0 Å². The van der Waals surface area contributed by atoms with Crippen LogP contribution < -0.4 is 11.1 Å². The normalized spacial score (nSPS) is 9.83. The highest BCUT2D eigenvalue weighted by atomic mass is 35.5. The molecule has 0 aliphatic carbocycles. The second-order valence-corrected chi connectivity index (χ2v) is 3.73. The van der Waals surface area contributed by atoms with Crippen LogP contribution in [0.2, 0.25) is 5.02 Å². The fourth-order valence-electron chi connectivity index (χ4n) is 1.32. The van der Waals surface area contributed by atoms with Crippen LogP contribution in [0.4, 0.5) is 21.7 Å². The molecule has 7 heteroatoms. The SMILES string of the molecule is N#Cc1cc(F)ccc1Nc1ncnc(N)c1Cl. The molecule has 1 heterocycles. The van der Waals surface area contributed by atoms with E-state index in [1.54, 1.807) is 0 Å². The third-order valence-corrected chi connectivity index (χ3v) is 2.54. The molecule has 0 saturated heterocycles. The molecule has 0 aliphatic heterocycles. The molecule has 3 N–H and O–H groups in total. The van der Waals surface area contributed by atoms with Gasteiger partial charge in [0.05, 0.1) is 11.3 Å². The molecule has 0 amide bonds. The first kappa shape index (κ1) is 12.1. The van der Waals surface area contributed by atoms with Gasteiger partial charge in [-0.25, -0.2) is 14.4 Å². The summed E-state index contributed by atoms with van der Waals surface area (Å²) in [4.78, 5) is 7.60. The molecule has 0 unspecified atom stereocenters. The number of benzene rings is 1. The molecule has 0 radical (unpaired) electrons. The molecule has 1 aromatic carbocycles. The van der Waals surface area contributed by atoms with Crippen LogP contribution in [0.1, 0.15) is 5.56 Å². The van der Waals surface area contributed by atoms with Gasteiger partial charge < -0.3 is 11.1 Å². The van der Waals surface area contributed by atoms with Crippen LogP contribution in [0.5, 0.6) is 0 Å². The molecule has 0 bridgehead atoms. The Labute approximate surface area is 107 Å². The summed E-state index contributed by atoms with van der Waals surface area (Å²) in [6.45, 7) is 0. The number of nitriles is 1. The maximum Gasteiger partial charge on any atom is 0.154 e. The van der Waals surface area contributed by atoms with E-state index in [0.29, 0.717) is 5.69 Å². The zero-order valence-electron chi connectivity index (χ0n) is 8.98. The molecule has 2 rings (SSSR count). The fraction of sp³-hybridized carbons (Fsp3) is 0. The number of aromatic nitrogens is 2. The first-order valence-corrected chi connectivity index (χ1v) is 5.22. The van der Waals surface area contributed by atoms with E-state index in [9.17, 15) is 4.39 Å². The lowest BCUT2D eigenvalue weighted by Gasteiger charge is -2.09. The van der Waals surface area contributed by atoms with Crippen molar-refractivity contribution < 1.29 is 4.39 Å². The van der Waals surface area contributed by atoms with Crippen molar-refractivity contribution in [1.82, 2.24) is 9.97 Å². The Morgan fingerprint density at radius 1 is 1.39 bits per heavy atom. The third kappa shape index (κ3) is 2.31. The molecule has 0 aliphatic rings. The van der Waals surface area contributed by atoms with Gasteiger partial charge in [-0.2, -0.15) is 5.26 Å². The number of hydrogen-bond donors (Lipinski definition) is 2. The Kier molecular flexibility index (Phi) is 3.26. The van der Waals surface area contributed by atoms with Gasteiger partial charge in [0, 0.05) is 0 Å². The van der Waals surface area contributed by atoms with Crippen LogP contribution in [0.15, 0.2) is 24.5 Å². The van der Waals surface area contributed by atoms with Crippen LogP contribution in [0.3, 0.4) is 0 Å². The molecule has 5 nitrogen and oxygen atoms in total. The fourth-order valence-corrected chi connectivity index (χ4v) is 1.46. The molecule has 0 saturated carbocycles. The summed E-state index contributed by atoms with van der Waals surface area (Å²) in [5.41, 5.74) is 6.05. The quantitative estimate of drug-likeness (QED) is 0.869. The van der Waals surface area contributed by atoms with Crippen molar-refractivity contribution in [3.05, 3.63) is 40.9 Å². The Morgan fingerprint density at radius 2 is 2.17 bits per heavy atom. The van der Waals surface area contributed by atoms with Crippen molar-refractivity contribution >= 4 is 28.9 Å². The summed E-state index contributed by atoms with van der Waals surface area (Å²) in [7, 11) is 0. The predicted octanol–water partition coefficient (Wildman–Crippen LogP) is 2.47. The van der Waals surface area contributed by atoms with Crippen molar-refractivity contribution in [3.8, 4) is 6.07 Å². The van der Waals surface area contributed by atoms with Crippen LogP contribution >= 0.6 is 11.6 Å². The predicted molar refractivity (Wildman–Crippen MR) is 65.9 cm³/mol. The van der Waals surface area contributed by atoms with E-state index in [2.05, 4.69) is 15.3 Å². The minimum atomic E-state index is -0.495. The average Bonchev–Trinajstić information content (AvgIpc) is 2.37. The molecule has 1 aromatic heterocycles. The number of halogens is 2. The van der Waals surface area contributed by atoms with E-state index >= 15 is 0 Å². The zero-order valence-corrected chi connectivity index (χ0v) is 9.74. The van der Waals surface area contributed by atoms with Crippen LogP contribution in [0, 0.1) is 17.1 Å². The monoisotopic (exact) mass is 263 g/mol. The summed E-state index contributed by atoms with van der Waals surface area (Å²) >= 11 is 5.90. The zero-order chi connectivity index (χ0) is 13.1. The van der Waals surface area contributed by atoms with Gasteiger partial charge in [-0.05, 0) is 18.2 Å². The van der Waals surface area contributed by atoms with Gasteiger partial charge in [0.15, 0.2) is 5.82 Å². The van der Waals surface area contributed by atoms with Gasteiger partial charge in [-0.1, -0.05) is 11.6 Å². The van der Waals surface area contributed by atoms with E-state index in [-0.39, 0.29) is 22.2 Å². The van der Waals surface area contributed by atoms with E-state index in [0.717, 1.165) is 6.07 Å². The lowest BCUT2D eigenvalue weighted by Crippen LogP contribution is -2.01. The van der Waals surface area contributed by atoms with Gasteiger partial charge in [0.2, 0.25) is 0 Å². The second kappa shape index (κ2) is 4.85. The highest BCUT2D eigenvalue weighted by Gasteiger charge is 2.09. The molecule has 0 fully saturated rings. The van der Waals surface area contributed by atoms with Crippen LogP contribution in [-0.2, 0) is 0 Å². The molecule has 0 spiro atoms. The van der Waals surface area contributed by atoms with Crippen molar-refractivity contribution in [3.63, 3.8) is 0 Å². The van der Waals surface area contributed by atoms with E-state index in [1.807, 2.05) is 6.07 Å². The van der Waals surface area contributed by atoms with E-state index in [1.165, 1.54) is 18.5 Å². The maximum atomic E-state index is 13.0. The topological polar surface area (TPSA) is 87.6 Å². The van der Waals surface area contributed by atoms with E-state index in [4.69, 9.17) is 22.6 Å². The molecular formula is C11H7ClFN5. The van der Waals surface area contributed by atoms with Crippen molar-refractivity contribution in [2.24, 2.45) is 0 Å². The van der Waals surface area contributed by atoms with Gasteiger partial charge in [0.1, 0.15) is 29.1 Å². The lowest BCUT2D eigenvalue weighted by atomic mass is 10.2. The third-order valence-electron chi connectivity index (χ3n) is 2.17. The molecule has 2 aromatic rings. The Morgan fingerprint density at radius 3 is 2.89 bits per heavy atom. The number of rotatable bonds is 2. The summed E-state index contributed by atoms with van der Waals surface area (Å²) in [6, 6.07) is 5.63. The largest absolute Gasteiger partial charge is 0.382 e. The van der Waals surface area contributed by atoms with Gasteiger partial charge in [-0.3, -0.25) is 0 Å². The van der Waals surface area contributed by atoms with Gasteiger partial charge in [-0.15, -0.1) is 0 Å². The second-order valence-electron chi connectivity index (χ2n) is 3.35. The highest BCUT2D eigenvalue weighted by Crippen LogP contribution is 2.28. The maximum absolute atomic E-state index is 13.0. The number of nitrogens with one attached hydrogen (secondary N) is 1. The smallest absolute Gasteiger partial charge is 0.154 e. The number of anilines is 3. The first-order valence-electron chi connectivity index (χ1n) is 4.84. The minimum Gasteiger partial charge on any atom is -0.382 e. The van der Waals surface area contributed by atoms with E-state index < -0.39 is 5.82 Å².